The summed E-state index contributed by atoms with van der Waals surface area (Å²) in [5, 5.41) is 6.67. The van der Waals surface area contributed by atoms with E-state index in [0.717, 1.165) is 32.7 Å². The molecule has 24 heavy (non-hydrogen) atoms. The Bertz CT molecular complexity index is 568. The summed E-state index contributed by atoms with van der Waals surface area (Å²) in [6.45, 7) is 5.00. The summed E-state index contributed by atoms with van der Waals surface area (Å²) in [6.07, 6.45) is 0.899. The van der Waals surface area contributed by atoms with Crippen LogP contribution in [0.2, 0.25) is 10.0 Å². The maximum atomic E-state index is 12.2. The SMILES string of the molecule is O=C(NCC1(N2CCOCC2)CCOC1)Nc1cc(Cl)cc(Cl)c1. The highest BCUT2D eigenvalue weighted by molar-refractivity contribution is 6.35. The van der Waals surface area contributed by atoms with Crippen LogP contribution < -0.4 is 10.6 Å². The molecular weight excluding hydrogens is 353 g/mol. The number of anilines is 1. The van der Waals surface area contributed by atoms with Gasteiger partial charge in [-0.15, -0.1) is 0 Å². The molecule has 8 heteroatoms. The number of halogens is 2. The summed E-state index contributed by atoms with van der Waals surface area (Å²) in [4.78, 5) is 14.6. The van der Waals surface area contributed by atoms with Gasteiger partial charge in [-0.1, -0.05) is 23.2 Å². The Morgan fingerprint density at radius 3 is 2.46 bits per heavy atom. The van der Waals surface area contributed by atoms with E-state index in [-0.39, 0.29) is 11.6 Å². The first-order valence-electron chi connectivity index (χ1n) is 7.99. The third-order valence-corrected chi connectivity index (χ3v) is 4.90. The lowest BCUT2D eigenvalue weighted by Crippen LogP contribution is -2.59. The Kier molecular flexibility index (Phi) is 5.84. The molecule has 1 unspecified atom stereocenters. The predicted molar refractivity (Wildman–Crippen MR) is 94.0 cm³/mol. The van der Waals surface area contributed by atoms with Gasteiger partial charge >= 0.3 is 6.03 Å². The number of nitrogens with zero attached hydrogens (tertiary/aromatic N) is 1. The number of benzene rings is 1. The van der Waals surface area contributed by atoms with Gasteiger partial charge in [-0.3, -0.25) is 4.90 Å². The molecule has 3 rings (SSSR count). The Balaban J connectivity index is 1.59. The van der Waals surface area contributed by atoms with Crippen LogP contribution >= 0.6 is 23.2 Å². The molecule has 0 aromatic heterocycles. The third-order valence-electron chi connectivity index (χ3n) is 4.46. The Labute approximate surface area is 151 Å². The highest BCUT2D eigenvalue weighted by atomic mass is 35.5. The van der Waals surface area contributed by atoms with E-state index in [9.17, 15) is 4.79 Å². The van der Waals surface area contributed by atoms with Crippen molar-refractivity contribution >= 4 is 34.9 Å². The summed E-state index contributed by atoms with van der Waals surface area (Å²) >= 11 is 11.9. The second-order valence-electron chi connectivity index (χ2n) is 6.09. The minimum atomic E-state index is -0.284. The number of hydrogen-bond donors (Lipinski definition) is 2. The number of carbonyl (C=O) groups excluding carboxylic acids is 1. The van der Waals surface area contributed by atoms with Gasteiger partial charge in [0.15, 0.2) is 0 Å². The van der Waals surface area contributed by atoms with E-state index >= 15 is 0 Å². The van der Waals surface area contributed by atoms with Crippen molar-refractivity contribution in [1.82, 2.24) is 10.2 Å². The summed E-state index contributed by atoms with van der Waals surface area (Å²) in [5.41, 5.74) is 0.403. The zero-order chi connectivity index (χ0) is 17.0. The van der Waals surface area contributed by atoms with Crippen LogP contribution in [0.4, 0.5) is 10.5 Å². The normalized spacial score (nSPS) is 24.8. The van der Waals surface area contributed by atoms with Gasteiger partial charge in [0.2, 0.25) is 0 Å². The standard InChI is InChI=1S/C16H21Cl2N3O3/c17-12-7-13(18)9-14(8-12)20-15(22)19-10-16(1-4-24-11-16)21-2-5-23-6-3-21/h7-9H,1-6,10-11H2,(H2,19,20,22). The Hall–Kier alpha value is -1.05. The molecule has 2 aliphatic heterocycles. The summed E-state index contributed by atoms with van der Waals surface area (Å²) in [5.74, 6) is 0. The predicted octanol–water partition coefficient (Wildman–Crippen LogP) is 2.61. The molecule has 0 spiro atoms. The van der Waals surface area contributed by atoms with Crippen molar-refractivity contribution in [1.29, 1.82) is 0 Å². The molecule has 132 valence electrons. The first-order valence-corrected chi connectivity index (χ1v) is 8.75. The fourth-order valence-corrected chi connectivity index (χ4v) is 3.71. The molecule has 0 aliphatic carbocycles. The van der Waals surface area contributed by atoms with Crippen LogP contribution in [0.1, 0.15) is 6.42 Å². The maximum Gasteiger partial charge on any atom is 0.319 e. The zero-order valence-electron chi connectivity index (χ0n) is 13.3. The minimum Gasteiger partial charge on any atom is -0.379 e. The number of amides is 2. The Morgan fingerprint density at radius 2 is 1.83 bits per heavy atom. The molecule has 1 aromatic carbocycles. The van der Waals surface area contributed by atoms with E-state index in [1.165, 1.54) is 0 Å². The average Bonchev–Trinajstić information content (AvgIpc) is 3.03. The van der Waals surface area contributed by atoms with Crippen LogP contribution in [0.15, 0.2) is 18.2 Å². The molecule has 2 aliphatic rings. The van der Waals surface area contributed by atoms with Crippen molar-refractivity contribution in [2.75, 3.05) is 51.4 Å². The number of urea groups is 1. The molecule has 2 heterocycles. The smallest absolute Gasteiger partial charge is 0.319 e. The van der Waals surface area contributed by atoms with Crippen molar-refractivity contribution in [3.05, 3.63) is 28.2 Å². The molecule has 1 atom stereocenters. The van der Waals surface area contributed by atoms with Crippen molar-refractivity contribution in [2.45, 2.75) is 12.0 Å². The largest absolute Gasteiger partial charge is 0.379 e. The number of morpholine rings is 1. The molecule has 2 saturated heterocycles. The topological polar surface area (TPSA) is 62.8 Å². The van der Waals surface area contributed by atoms with Gasteiger partial charge in [-0.05, 0) is 24.6 Å². The van der Waals surface area contributed by atoms with Gasteiger partial charge < -0.3 is 20.1 Å². The zero-order valence-corrected chi connectivity index (χ0v) is 14.8. The highest BCUT2D eigenvalue weighted by Crippen LogP contribution is 2.27. The van der Waals surface area contributed by atoms with E-state index in [1.54, 1.807) is 18.2 Å². The van der Waals surface area contributed by atoms with E-state index in [1.807, 2.05) is 0 Å². The first kappa shape index (κ1) is 17.8. The number of ether oxygens (including phenoxy) is 2. The van der Waals surface area contributed by atoms with Crippen LogP contribution in [0.25, 0.3) is 0 Å². The van der Waals surface area contributed by atoms with E-state index in [0.29, 0.717) is 35.5 Å². The quantitative estimate of drug-likeness (QED) is 0.851. The van der Waals surface area contributed by atoms with Gasteiger partial charge in [0.25, 0.3) is 0 Å². The fraction of sp³-hybridized carbons (Fsp3) is 0.562. The lowest BCUT2D eigenvalue weighted by Gasteiger charge is -2.42. The van der Waals surface area contributed by atoms with Crippen LogP contribution in [-0.4, -0.2) is 62.5 Å². The lowest BCUT2D eigenvalue weighted by atomic mass is 9.95. The van der Waals surface area contributed by atoms with Gasteiger partial charge in [-0.25, -0.2) is 4.79 Å². The van der Waals surface area contributed by atoms with Crippen molar-refractivity contribution in [3.63, 3.8) is 0 Å². The number of hydrogen-bond acceptors (Lipinski definition) is 4. The van der Waals surface area contributed by atoms with Gasteiger partial charge in [0.05, 0.1) is 25.4 Å². The minimum absolute atomic E-state index is 0.160. The van der Waals surface area contributed by atoms with E-state index < -0.39 is 0 Å². The molecular formula is C16H21Cl2N3O3. The second kappa shape index (κ2) is 7.89. The molecule has 2 fully saturated rings. The van der Waals surface area contributed by atoms with Crippen molar-refractivity contribution in [3.8, 4) is 0 Å². The summed E-state index contributed by atoms with van der Waals surface area (Å²) in [7, 11) is 0. The molecule has 0 radical (unpaired) electrons. The maximum absolute atomic E-state index is 12.2. The number of nitrogens with one attached hydrogen (secondary N) is 2. The molecule has 1 aromatic rings. The average molecular weight is 374 g/mol. The third kappa shape index (κ3) is 4.32. The monoisotopic (exact) mass is 373 g/mol. The van der Waals surface area contributed by atoms with Crippen molar-refractivity contribution in [2.24, 2.45) is 0 Å². The molecule has 2 amide bonds. The van der Waals surface area contributed by atoms with Gasteiger partial charge in [-0.2, -0.15) is 0 Å². The van der Waals surface area contributed by atoms with Crippen LogP contribution in [0.3, 0.4) is 0 Å². The van der Waals surface area contributed by atoms with Gasteiger partial charge in [0, 0.05) is 42.0 Å². The van der Waals surface area contributed by atoms with Crippen molar-refractivity contribution < 1.29 is 14.3 Å². The molecule has 0 saturated carbocycles. The lowest BCUT2D eigenvalue weighted by molar-refractivity contribution is -0.0245. The first-order chi connectivity index (χ1) is 11.6. The highest BCUT2D eigenvalue weighted by Gasteiger charge is 2.41. The van der Waals surface area contributed by atoms with Crippen LogP contribution in [-0.2, 0) is 9.47 Å². The summed E-state index contributed by atoms with van der Waals surface area (Å²) in [6, 6.07) is 4.65. The Morgan fingerprint density at radius 1 is 1.12 bits per heavy atom. The summed E-state index contributed by atoms with van der Waals surface area (Å²) < 4.78 is 11.0. The number of carbonyl (C=O) groups is 1. The molecule has 6 nitrogen and oxygen atoms in total. The van der Waals surface area contributed by atoms with E-state index in [2.05, 4.69) is 15.5 Å². The van der Waals surface area contributed by atoms with E-state index in [4.69, 9.17) is 32.7 Å². The molecule has 0 bridgehead atoms. The second-order valence-corrected chi connectivity index (χ2v) is 6.97. The van der Waals surface area contributed by atoms with Crippen LogP contribution in [0.5, 0.6) is 0 Å². The fourth-order valence-electron chi connectivity index (χ4n) is 3.18. The van der Waals surface area contributed by atoms with Gasteiger partial charge in [0.1, 0.15) is 0 Å². The number of rotatable bonds is 4. The van der Waals surface area contributed by atoms with Crippen LogP contribution in [0, 0.1) is 0 Å². The molecule has 2 N–H and O–H groups in total.